The zero-order valence-corrected chi connectivity index (χ0v) is 18.6. The van der Waals surface area contributed by atoms with Crippen LogP contribution in [0.3, 0.4) is 0 Å². The first-order valence-electron chi connectivity index (χ1n) is 9.83. The minimum atomic E-state index is -1.01. The summed E-state index contributed by atoms with van der Waals surface area (Å²) in [4.78, 5) is 38.0. The fourth-order valence-electron chi connectivity index (χ4n) is 3.01. The molecule has 1 atom stereocenters. The number of benzene rings is 2. The largest absolute Gasteiger partial charge is 0.493 e. The Hall–Kier alpha value is -3.33. The second-order valence-corrected chi connectivity index (χ2v) is 7.80. The van der Waals surface area contributed by atoms with Crippen LogP contribution in [0.5, 0.6) is 11.5 Å². The van der Waals surface area contributed by atoms with Gasteiger partial charge in [-0.15, -0.1) is 0 Å². The van der Waals surface area contributed by atoms with Crippen LogP contribution in [0.2, 0.25) is 0 Å². The molecule has 0 unspecified atom stereocenters. The molecule has 168 valence electrons. The molecule has 1 fully saturated rings. The molecule has 3 rings (SSSR count). The highest BCUT2D eigenvalue weighted by Crippen LogP contribution is 2.35. The highest BCUT2D eigenvalue weighted by Gasteiger charge is 2.41. The predicted molar refractivity (Wildman–Crippen MR) is 118 cm³/mol. The molecule has 1 heterocycles. The first-order valence-corrected chi connectivity index (χ1v) is 10.6. The van der Waals surface area contributed by atoms with E-state index in [1.807, 2.05) is 0 Å². The van der Waals surface area contributed by atoms with Crippen LogP contribution in [0.4, 0.5) is 9.18 Å². The fraction of sp³-hybridized carbons (Fsp3) is 0.261. The molecule has 9 heteroatoms. The maximum absolute atomic E-state index is 13.3. The van der Waals surface area contributed by atoms with E-state index in [9.17, 15) is 18.8 Å². The maximum Gasteiger partial charge on any atom is 0.329 e. The van der Waals surface area contributed by atoms with Crippen molar-refractivity contribution in [3.8, 4) is 11.5 Å². The molecule has 0 aliphatic carbocycles. The van der Waals surface area contributed by atoms with E-state index in [0.717, 1.165) is 16.7 Å². The summed E-state index contributed by atoms with van der Waals surface area (Å²) in [6.07, 6.45) is 1.54. The van der Waals surface area contributed by atoms with Gasteiger partial charge in [-0.2, -0.15) is 0 Å². The van der Waals surface area contributed by atoms with E-state index in [1.165, 1.54) is 26.2 Å². The molecule has 0 aromatic heterocycles. The van der Waals surface area contributed by atoms with Crippen molar-refractivity contribution in [2.24, 2.45) is 0 Å². The van der Waals surface area contributed by atoms with Crippen molar-refractivity contribution < 1.29 is 33.0 Å². The lowest BCUT2D eigenvalue weighted by Gasteiger charge is -2.19. The number of halogens is 1. The lowest BCUT2D eigenvalue weighted by molar-refractivity contribution is -0.150. The summed E-state index contributed by atoms with van der Waals surface area (Å²) in [7, 11) is 1.48. The summed E-state index contributed by atoms with van der Waals surface area (Å²) in [6, 6.07) is 10.1. The summed E-state index contributed by atoms with van der Waals surface area (Å²) in [5.41, 5.74) is 1.27. The third-order valence-corrected chi connectivity index (χ3v) is 5.49. The van der Waals surface area contributed by atoms with Gasteiger partial charge in [0.2, 0.25) is 0 Å². The first-order chi connectivity index (χ1) is 15.3. The number of nitrogens with zero attached hydrogens (tertiary/aromatic N) is 1. The molecule has 7 nitrogen and oxygen atoms in total. The van der Waals surface area contributed by atoms with Crippen LogP contribution in [0.15, 0.2) is 47.4 Å². The first kappa shape index (κ1) is 23.3. The van der Waals surface area contributed by atoms with Gasteiger partial charge in [-0.05, 0) is 67.1 Å². The second-order valence-electron chi connectivity index (χ2n) is 6.81. The molecule has 2 amide bonds. The smallest absolute Gasteiger partial charge is 0.329 e. The maximum atomic E-state index is 13.3. The van der Waals surface area contributed by atoms with E-state index < -0.39 is 23.2 Å². The number of carbonyl (C=O) groups is 3. The third-order valence-electron chi connectivity index (χ3n) is 4.61. The van der Waals surface area contributed by atoms with Crippen molar-refractivity contribution >= 4 is 35.0 Å². The minimum Gasteiger partial charge on any atom is -0.493 e. The summed E-state index contributed by atoms with van der Waals surface area (Å²) < 4.78 is 29.3. The highest BCUT2D eigenvalue weighted by molar-refractivity contribution is 8.18. The summed E-state index contributed by atoms with van der Waals surface area (Å²) in [5.74, 6) is -0.699. The molecular weight excluding hydrogens is 437 g/mol. The van der Waals surface area contributed by atoms with Gasteiger partial charge in [0.05, 0.1) is 18.6 Å². The van der Waals surface area contributed by atoms with E-state index in [4.69, 9.17) is 14.2 Å². The number of carbonyl (C=O) groups excluding carboxylic acids is 3. The Labute approximate surface area is 189 Å². The quantitative estimate of drug-likeness (QED) is 0.427. The monoisotopic (exact) mass is 459 g/mol. The standard InChI is InChI=1S/C23H22FNO6S/c1-4-30-22(27)14(2)25-21(26)20(32-23(25)28)12-15-8-9-18(19(11-15)29-3)31-13-16-6-5-7-17(24)10-16/h5-12,14H,4,13H2,1-3H3/b20-12+/t14-/m1/s1. The van der Waals surface area contributed by atoms with E-state index >= 15 is 0 Å². The highest BCUT2D eigenvalue weighted by atomic mass is 32.2. The van der Waals surface area contributed by atoms with Crippen LogP contribution in [-0.4, -0.2) is 41.8 Å². The number of thioether (sulfide) groups is 1. The predicted octanol–water partition coefficient (Wildman–Crippen LogP) is 4.40. The van der Waals surface area contributed by atoms with Gasteiger partial charge in [0.15, 0.2) is 11.5 Å². The molecule has 32 heavy (non-hydrogen) atoms. The SMILES string of the molecule is CCOC(=O)[C@@H](C)N1C(=O)S/C(=C/c2ccc(OCc3cccc(F)c3)c(OC)c2)C1=O. The normalized spacial score (nSPS) is 15.8. The Morgan fingerprint density at radius 2 is 1.97 bits per heavy atom. The van der Waals surface area contributed by atoms with Crippen molar-refractivity contribution in [3.63, 3.8) is 0 Å². The van der Waals surface area contributed by atoms with Crippen LogP contribution >= 0.6 is 11.8 Å². The summed E-state index contributed by atoms with van der Waals surface area (Å²) in [5, 5.41) is -0.538. The Morgan fingerprint density at radius 1 is 1.19 bits per heavy atom. The molecule has 0 bridgehead atoms. The summed E-state index contributed by atoms with van der Waals surface area (Å²) in [6.45, 7) is 3.41. The molecule has 0 radical (unpaired) electrons. The van der Waals surface area contributed by atoms with Gasteiger partial charge in [-0.1, -0.05) is 18.2 Å². The Bertz CT molecular complexity index is 1070. The molecule has 1 saturated heterocycles. The zero-order chi connectivity index (χ0) is 23.3. The van der Waals surface area contributed by atoms with Gasteiger partial charge >= 0.3 is 5.97 Å². The molecule has 0 N–H and O–H groups in total. The van der Waals surface area contributed by atoms with Gasteiger partial charge in [-0.25, -0.2) is 9.18 Å². The van der Waals surface area contributed by atoms with Gasteiger partial charge in [0.1, 0.15) is 18.5 Å². The molecular formula is C23H22FNO6S. The summed E-state index contributed by atoms with van der Waals surface area (Å²) >= 11 is 0.750. The number of hydrogen-bond acceptors (Lipinski definition) is 7. The molecule has 1 aliphatic rings. The Morgan fingerprint density at radius 3 is 2.66 bits per heavy atom. The van der Waals surface area contributed by atoms with Crippen molar-refractivity contribution in [1.82, 2.24) is 4.90 Å². The molecule has 0 spiro atoms. The second kappa shape index (κ2) is 10.3. The lowest BCUT2D eigenvalue weighted by Crippen LogP contribution is -2.42. The number of imide groups is 1. The number of methoxy groups -OCH3 is 1. The van der Waals surface area contributed by atoms with E-state index in [2.05, 4.69) is 0 Å². The lowest BCUT2D eigenvalue weighted by atomic mass is 10.1. The molecule has 2 aromatic carbocycles. The average molecular weight is 459 g/mol. The third kappa shape index (κ3) is 5.28. The van der Waals surface area contributed by atoms with E-state index in [-0.39, 0.29) is 23.9 Å². The van der Waals surface area contributed by atoms with Crippen molar-refractivity contribution in [3.05, 3.63) is 64.3 Å². The number of rotatable bonds is 8. The average Bonchev–Trinajstić information content (AvgIpc) is 3.05. The van der Waals surface area contributed by atoms with Crippen LogP contribution in [0.1, 0.15) is 25.0 Å². The topological polar surface area (TPSA) is 82.1 Å². The zero-order valence-electron chi connectivity index (χ0n) is 17.8. The fourth-order valence-corrected chi connectivity index (χ4v) is 3.92. The van der Waals surface area contributed by atoms with Gasteiger partial charge < -0.3 is 14.2 Å². The van der Waals surface area contributed by atoms with Gasteiger partial charge in [0, 0.05) is 0 Å². The van der Waals surface area contributed by atoms with Crippen LogP contribution in [0, 0.1) is 5.82 Å². The van der Waals surface area contributed by atoms with Gasteiger partial charge in [-0.3, -0.25) is 14.5 Å². The number of esters is 1. The van der Waals surface area contributed by atoms with Crippen molar-refractivity contribution in [2.75, 3.05) is 13.7 Å². The Kier molecular flexibility index (Phi) is 7.53. The van der Waals surface area contributed by atoms with Crippen molar-refractivity contribution in [1.29, 1.82) is 0 Å². The molecule has 2 aromatic rings. The Balaban J connectivity index is 1.76. The number of amides is 2. The van der Waals surface area contributed by atoms with Crippen LogP contribution < -0.4 is 9.47 Å². The molecule has 1 aliphatic heterocycles. The van der Waals surface area contributed by atoms with E-state index in [1.54, 1.807) is 43.3 Å². The van der Waals surface area contributed by atoms with E-state index in [0.29, 0.717) is 22.6 Å². The van der Waals surface area contributed by atoms with Crippen LogP contribution in [0.25, 0.3) is 6.08 Å². The molecule has 0 saturated carbocycles. The number of ether oxygens (including phenoxy) is 3. The van der Waals surface area contributed by atoms with Crippen LogP contribution in [-0.2, 0) is 20.9 Å². The van der Waals surface area contributed by atoms with Gasteiger partial charge in [0.25, 0.3) is 11.1 Å². The van der Waals surface area contributed by atoms with Crippen molar-refractivity contribution in [2.45, 2.75) is 26.5 Å². The minimum absolute atomic E-state index is 0.151. The number of hydrogen-bond donors (Lipinski definition) is 0.